The predicted molar refractivity (Wildman–Crippen MR) is 66.8 cm³/mol. The normalized spacial score (nSPS) is 21.1. The SMILES string of the molecule is Cn1ncc(Cl)c1S(=O)(=O)N1CCC(C)(O)CC1. The lowest BCUT2D eigenvalue weighted by Gasteiger charge is -2.34. The summed E-state index contributed by atoms with van der Waals surface area (Å²) in [6.07, 6.45) is 2.15. The van der Waals surface area contributed by atoms with E-state index in [1.165, 1.54) is 15.2 Å². The first kappa shape index (κ1) is 13.8. The average Bonchev–Trinajstić information content (AvgIpc) is 2.58. The van der Waals surface area contributed by atoms with Crippen molar-refractivity contribution in [1.82, 2.24) is 14.1 Å². The Labute approximate surface area is 111 Å². The van der Waals surface area contributed by atoms with Crippen LogP contribution >= 0.6 is 11.6 Å². The molecule has 0 spiro atoms. The molecule has 18 heavy (non-hydrogen) atoms. The largest absolute Gasteiger partial charge is 0.390 e. The summed E-state index contributed by atoms with van der Waals surface area (Å²) >= 11 is 5.87. The minimum Gasteiger partial charge on any atom is -0.390 e. The molecular weight excluding hydrogens is 278 g/mol. The maximum absolute atomic E-state index is 12.4. The van der Waals surface area contributed by atoms with Crippen molar-refractivity contribution in [2.24, 2.45) is 7.05 Å². The highest BCUT2D eigenvalue weighted by atomic mass is 35.5. The molecule has 6 nitrogen and oxygen atoms in total. The molecule has 1 aromatic heterocycles. The van der Waals surface area contributed by atoms with E-state index < -0.39 is 15.6 Å². The van der Waals surface area contributed by atoms with Gasteiger partial charge in [0.05, 0.1) is 16.8 Å². The molecule has 0 aromatic carbocycles. The van der Waals surface area contributed by atoms with Gasteiger partial charge in [-0.2, -0.15) is 9.40 Å². The summed E-state index contributed by atoms with van der Waals surface area (Å²) < 4.78 is 27.4. The quantitative estimate of drug-likeness (QED) is 0.867. The van der Waals surface area contributed by atoms with E-state index >= 15 is 0 Å². The van der Waals surface area contributed by atoms with Gasteiger partial charge in [-0.15, -0.1) is 0 Å². The Morgan fingerprint density at radius 3 is 2.44 bits per heavy atom. The van der Waals surface area contributed by atoms with Crippen molar-refractivity contribution < 1.29 is 13.5 Å². The molecule has 2 rings (SSSR count). The van der Waals surface area contributed by atoms with Gasteiger partial charge in [0.25, 0.3) is 10.0 Å². The molecule has 0 radical (unpaired) electrons. The summed E-state index contributed by atoms with van der Waals surface area (Å²) in [6.45, 7) is 2.29. The van der Waals surface area contributed by atoms with Gasteiger partial charge >= 0.3 is 0 Å². The molecule has 0 bridgehead atoms. The molecule has 1 N–H and O–H groups in total. The summed E-state index contributed by atoms with van der Waals surface area (Å²) in [5.41, 5.74) is -0.789. The number of aromatic nitrogens is 2. The molecule has 8 heteroatoms. The van der Waals surface area contributed by atoms with Crippen LogP contribution in [0.25, 0.3) is 0 Å². The third-order valence-corrected chi connectivity index (χ3v) is 5.63. The minimum atomic E-state index is -3.64. The molecule has 0 atom stereocenters. The Hall–Kier alpha value is -0.630. The summed E-state index contributed by atoms with van der Waals surface area (Å²) in [4.78, 5) is 0. The van der Waals surface area contributed by atoms with Gasteiger partial charge in [0.1, 0.15) is 0 Å². The van der Waals surface area contributed by atoms with Gasteiger partial charge in [0, 0.05) is 20.1 Å². The van der Waals surface area contributed by atoms with Crippen molar-refractivity contribution in [3.05, 3.63) is 11.2 Å². The molecule has 2 heterocycles. The fourth-order valence-corrected chi connectivity index (χ4v) is 4.07. The molecule has 0 saturated carbocycles. The third-order valence-electron chi connectivity index (χ3n) is 3.23. The van der Waals surface area contributed by atoms with Crippen molar-refractivity contribution in [2.75, 3.05) is 13.1 Å². The molecular formula is C10H16ClN3O3S. The predicted octanol–water partition coefficient (Wildman–Crippen LogP) is 0.609. The van der Waals surface area contributed by atoms with Gasteiger partial charge in [-0.1, -0.05) is 11.6 Å². The zero-order valence-electron chi connectivity index (χ0n) is 10.3. The first-order valence-electron chi connectivity index (χ1n) is 5.64. The van der Waals surface area contributed by atoms with Crippen molar-refractivity contribution >= 4 is 21.6 Å². The summed E-state index contributed by atoms with van der Waals surface area (Å²) in [7, 11) is -2.10. The molecule has 1 aromatic rings. The number of hydrogen-bond acceptors (Lipinski definition) is 4. The first-order valence-corrected chi connectivity index (χ1v) is 7.46. The third kappa shape index (κ3) is 2.40. The van der Waals surface area contributed by atoms with Crippen LogP contribution in [0.15, 0.2) is 11.2 Å². The monoisotopic (exact) mass is 293 g/mol. The fraction of sp³-hybridized carbons (Fsp3) is 0.700. The van der Waals surface area contributed by atoms with E-state index in [-0.39, 0.29) is 23.1 Å². The topological polar surface area (TPSA) is 75.4 Å². The number of aliphatic hydroxyl groups is 1. The lowest BCUT2D eigenvalue weighted by molar-refractivity contribution is 0.0125. The van der Waals surface area contributed by atoms with E-state index in [0.717, 1.165) is 0 Å². The molecule has 102 valence electrons. The Morgan fingerprint density at radius 1 is 1.44 bits per heavy atom. The van der Waals surface area contributed by atoms with Gasteiger partial charge in [0.15, 0.2) is 5.03 Å². The smallest absolute Gasteiger partial charge is 0.261 e. The Bertz CT molecular complexity index is 523. The average molecular weight is 294 g/mol. The number of rotatable bonds is 2. The minimum absolute atomic E-state index is 0.00529. The Balaban J connectivity index is 2.29. The number of piperidine rings is 1. The Morgan fingerprint density at radius 2 is 2.00 bits per heavy atom. The van der Waals surface area contributed by atoms with Gasteiger partial charge in [0.2, 0.25) is 0 Å². The lowest BCUT2D eigenvalue weighted by Crippen LogP contribution is -2.45. The van der Waals surface area contributed by atoms with Gasteiger partial charge in [-0.25, -0.2) is 8.42 Å². The van der Waals surface area contributed by atoms with Gasteiger partial charge in [-0.3, -0.25) is 4.68 Å². The summed E-state index contributed by atoms with van der Waals surface area (Å²) in [6, 6.07) is 0. The van der Waals surface area contributed by atoms with Crippen LogP contribution < -0.4 is 0 Å². The van der Waals surface area contributed by atoms with E-state index in [1.54, 1.807) is 14.0 Å². The second-order valence-corrected chi connectivity index (χ2v) is 7.08. The maximum atomic E-state index is 12.4. The van der Waals surface area contributed by atoms with Gasteiger partial charge in [-0.05, 0) is 19.8 Å². The van der Waals surface area contributed by atoms with Crippen LogP contribution in [-0.4, -0.2) is 46.3 Å². The second kappa shape index (κ2) is 4.48. The van der Waals surface area contributed by atoms with Crippen LogP contribution in [0.1, 0.15) is 19.8 Å². The van der Waals surface area contributed by atoms with Crippen molar-refractivity contribution in [2.45, 2.75) is 30.4 Å². The van der Waals surface area contributed by atoms with Crippen LogP contribution in [0, 0.1) is 0 Å². The molecule has 1 saturated heterocycles. The number of sulfonamides is 1. The lowest BCUT2D eigenvalue weighted by atomic mass is 9.95. The molecule has 1 fully saturated rings. The van der Waals surface area contributed by atoms with Crippen LogP contribution in [0.2, 0.25) is 5.02 Å². The maximum Gasteiger partial charge on any atom is 0.261 e. The highest BCUT2D eigenvalue weighted by Gasteiger charge is 2.36. The van der Waals surface area contributed by atoms with E-state index in [4.69, 9.17) is 11.6 Å². The van der Waals surface area contributed by atoms with Crippen LogP contribution in [0.4, 0.5) is 0 Å². The van der Waals surface area contributed by atoms with Crippen LogP contribution in [0.3, 0.4) is 0 Å². The van der Waals surface area contributed by atoms with Crippen molar-refractivity contribution in [3.63, 3.8) is 0 Å². The Kier molecular flexibility index (Phi) is 3.44. The van der Waals surface area contributed by atoms with Crippen LogP contribution in [-0.2, 0) is 17.1 Å². The zero-order chi connectivity index (χ0) is 13.6. The van der Waals surface area contributed by atoms with E-state index in [2.05, 4.69) is 5.10 Å². The molecule has 0 aliphatic carbocycles. The summed E-state index contributed by atoms with van der Waals surface area (Å²) in [5, 5.41) is 13.8. The second-order valence-electron chi connectivity index (χ2n) is 4.82. The van der Waals surface area contributed by atoms with Crippen molar-refractivity contribution in [3.8, 4) is 0 Å². The van der Waals surface area contributed by atoms with E-state index in [0.29, 0.717) is 12.8 Å². The standard InChI is InChI=1S/C10H16ClN3O3S/c1-10(15)3-5-14(6-4-10)18(16,17)9-8(11)7-12-13(9)2/h7,15H,3-6H2,1-2H3. The molecule has 0 unspecified atom stereocenters. The first-order chi connectivity index (χ1) is 8.24. The van der Waals surface area contributed by atoms with E-state index in [1.807, 2.05) is 0 Å². The fourth-order valence-electron chi connectivity index (χ4n) is 2.02. The highest BCUT2D eigenvalue weighted by molar-refractivity contribution is 7.89. The molecule has 1 aliphatic rings. The van der Waals surface area contributed by atoms with Crippen molar-refractivity contribution in [1.29, 1.82) is 0 Å². The highest BCUT2D eigenvalue weighted by Crippen LogP contribution is 2.28. The molecule has 1 aliphatic heterocycles. The van der Waals surface area contributed by atoms with Crippen LogP contribution in [0.5, 0.6) is 0 Å². The van der Waals surface area contributed by atoms with E-state index in [9.17, 15) is 13.5 Å². The number of nitrogens with zero attached hydrogens (tertiary/aromatic N) is 3. The zero-order valence-corrected chi connectivity index (χ0v) is 11.9. The number of aryl methyl sites for hydroxylation is 1. The van der Waals surface area contributed by atoms with Gasteiger partial charge < -0.3 is 5.11 Å². The number of halogens is 1. The summed E-state index contributed by atoms with van der Waals surface area (Å²) in [5.74, 6) is 0. The molecule has 0 amide bonds. The number of hydrogen-bond donors (Lipinski definition) is 1.